The lowest BCUT2D eigenvalue weighted by Gasteiger charge is -2.06. The van der Waals surface area contributed by atoms with Crippen LogP contribution in [0.1, 0.15) is 43.4 Å². The minimum Gasteiger partial charge on any atom is -0.489 e. The Morgan fingerprint density at radius 3 is 1.47 bits per heavy atom. The summed E-state index contributed by atoms with van der Waals surface area (Å²) >= 11 is 0. The lowest BCUT2D eigenvalue weighted by atomic mass is 10.2. The van der Waals surface area contributed by atoms with E-state index in [1.165, 1.54) is 24.6 Å². The Morgan fingerprint density at radius 2 is 1.02 bits per heavy atom. The van der Waals surface area contributed by atoms with Gasteiger partial charge >= 0.3 is 11.8 Å². The normalized spacial score (nSPS) is 11.0. The molecule has 0 radical (unpaired) electrons. The molecule has 2 N–H and O–H groups in total. The average molecular weight is 573 g/mol. The van der Waals surface area contributed by atoms with E-state index >= 15 is 0 Å². The second-order valence-corrected chi connectivity index (χ2v) is 9.26. The largest absolute Gasteiger partial charge is 0.489 e. The van der Waals surface area contributed by atoms with E-state index in [2.05, 4.69) is 21.1 Å². The summed E-state index contributed by atoms with van der Waals surface area (Å²) in [6.45, 7) is 0.879. The number of rotatable bonds is 12. The molecule has 0 fully saturated rings. The molecule has 0 atom stereocenters. The van der Waals surface area contributed by atoms with Gasteiger partial charge in [0.05, 0.1) is 12.4 Å². The number of carbonyl (C=O) groups excluding carboxylic acids is 2. The van der Waals surface area contributed by atoms with Gasteiger partial charge in [-0.3, -0.25) is 9.59 Å². The van der Waals surface area contributed by atoms with Gasteiger partial charge in [0.25, 0.3) is 0 Å². The molecule has 0 aliphatic carbocycles. The molecule has 9 nitrogen and oxygen atoms in total. The predicted octanol–water partition coefficient (Wildman–Crippen LogP) is 5.97. The third-order valence-corrected chi connectivity index (χ3v) is 6.03. The number of benzene rings is 4. The summed E-state index contributed by atoms with van der Waals surface area (Å²) < 4.78 is 17.0. The van der Waals surface area contributed by atoms with Crippen molar-refractivity contribution in [2.24, 2.45) is 10.2 Å². The molecular formula is C34H28N4O5. The van der Waals surface area contributed by atoms with Gasteiger partial charge in [-0.1, -0.05) is 84.9 Å². The van der Waals surface area contributed by atoms with E-state index in [4.69, 9.17) is 13.9 Å². The van der Waals surface area contributed by atoms with Gasteiger partial charge in [-0.25, -0.2) is 10.9 Å². The first-order valence-electron chi connectivity index (χ1n) is 13.4. The van der Waals surface area contributed by atoms with E-state index in [0.717, 1.165) is 22.3 Å². The van der Waals surface area contributed by atoms with Crippen LogP contribution in [-0.4, -0.2) is 24.2 Å². The van der Waals surface area contributed by atoms with Crippen molar-refractivity contribution >= 4 is 24.2 Å². The highest BCUT2D eigenvalue weighted by Gasteiger charge is 2.15. The van der Waals surface area contributed by atoms with Crippen LogP contribution in [0.25, 0.3) is 0 Å². The minimum absolute atomic E-state index is 0.0745. The molecule has 0 spiro atoms. The van der Waals surface area contributed by atoms with Crippen LogP contribution in [0.3, 0.4) is 0 Å². The highest BCUT2D eigenvalue weighted by atomic mass is 16.5. The molecule has 0 saturated carbocycles. The van der Waals surface area contributed by atoms with Crippen molar-refractivity contribution in [3.63, 3.8) is 0 Å². The van der Waals surface area contributed by atoms with Crippen molar-refractivity contribution in [1.82, 2.24) is 10.9 Å². The summed E-state index contributed by atoms with van der Waals surface area (Å²) in [5.41, 5.74) is 8.36. The number of nitrogens with zero attached hydrogens (tertiary/aromatic N) is 2. The quantitative estimate of drug-likeness (QED) is 0.141. The molecule has 0 unspecified atom stereocenters. The molecule has 5 rings (SSSR count). The number of hydrogen-bond acceptors (Lipinski definition) is 7. The van der Waals surface area contributed by atoms with E-state index in [9.17, 15) is 9.59 Å². The van der Waals surface area contributed by atoms with Crippen molar-refractivity contribution in [1.29, 1.82) is 0 Å². The van der Waals surface area contributed by atoms with Crippen LogP contribution in [0.2, 0.25) is 0 Å². The van der Waals surface area contributed by atoms with Crippen LogP contribution in [0.4, 0.5) is 0 Å². The zero-order valence-electron chi connectivity index (χ0n) is 23.1. The van der Waals surface area contributed by atoms with Crippen molar-refractivity contribution in [3.05, 3.63) is 155 Å². The number of carbonyl (C=O) groups is 2. The summed E-state index contributed by atoms with van der Waals surface area (Å²) in [5, 5.41) is 7.96. The molecule has 0 aliphatic rings. The van der Waals surface area contributed by atoms with Gasteiger partial charge in [-0.2, -0.15) is 10.2 Å². The summed E-state index contributed by atoms with van der Waals surface area (Å²) in [4.78, 5) is 24.9. The molecule has 1 aromatic heterocycles. The van der Waals surface area contributed by atoms with Gasteiger partial charge in [-0.05, 0) is 58.7 Å². The van der Waals surface area contributed by atoms with Crippen molar-refractivity contribution < 1.29 is 23.5 Å². The van der Waals surface area contributed by atoms with E-state index in [1.807, 2.05) is 109 Å². The summed E-state index contributed by atoms with van der Waals surface area (Å²) in [7, 11) is 0. The highest BCUT2D eigenvalue weighted by molar-refractivity contribution is 5.96. The number of hydrogen-bond donors (Lipinski definition) is 2. The summed E-state index contributed by atoms with van der Waals surface area (Å²) in [6.07, 6.45) is 2.97. The number of nitrogens with one attached hydrogen (secondary N) is 2. The Morgan fingerprint density at radius 1 is 0.581 bits per heavy atom. The molecule has 214 valence electrons. The van der Waals surface area contributed by atoms with Crippen LogP contribution in [0.5, 0.6) is 11.5 Å². The first kappa shape index (κ1) is 28.6. The van der Waals surface area contributed by atoms with E-state index in [1.54, 1.807) is 0 Å². The molecular weight excluding hydrogens is 544 g/mol. The second kappa shape index (κ2) is 14.6. The second-order valence-electron chi connectivity index (χ2n) is 9.26. The maximum absolute atomic E-state index is 12.5. The summed E-state index contributed by atoms with van der Waals surface area (Å²) in [5.74, 6) is -0.0191. The van der Waals surface area contributed by atoms with Gasteiger partial charge in [0, 0.05) is 0 Å². The van der Waals surface area contributed by atoms with Crippen molar-refractivity contribution in [3.8, 4) is 11.5 Å². The van der Waals surface area contributed by atoms with Crippen LogP contribution in [0, 0.1) is 0 Å². The average Bonchev–Trinajstić information content (AvgIpc) is 3.55. The fraction of sp³-hybridized carbons (Fsp3) is 0.0588. The Kier molecular flexibility index (Phi) is 9.70. The third-order valence-electron chi connectivity index (χ3n) is 6.03. The maximum Gasteiger partial charge on any atom is 0.307 e. The summed E-state index contributed by atoms with van der Waals surface area (Å²) in [6, 6.07) is 37.1. The molecule has 2 amide bonds. The van der Waals surface area contributed by atoms with E-state index in [0.29, 0.717) is 24.7 Å². The molecule has 43 heavy (non-hydrogen) atoms. The first-order chi connectivity index (χ1) is 21.1. The van der Waals surface area contributed by atoms with Crippen LogP contribution >= 0.6 is 0 Å². The molecule has 9 heteroatoms. The van der Waals surface area contributed by atoms with Crippen molar-refractivity contribution in [2.45, 2.75) is 13.2 Å². The van der Waals surface area contributed by atoms with Gasteiger partial charge in [0.15, 0.2) is 11.5 Å². The lowest BCUT2D eigenvalue weighted by Crippen LogP contribution is -2.18. The zero-order chi connectivity index (χ0) is 29.7. The van der Waals surface area contributed by atoms with Gasteiger partial charge in [0.2, 0.25) is 0 Å². The minimum atomic E-state index is -0.609. The molecule has 4 aromatic carbocycles. The molecule has 0 bridgehead atoms. The third kappa shape index (κ3) is 8.76. The first-order valence-corrected chi connectivity index (χ1v) is 13.4. The van der Waals surface area contributed by atoms with Crippen LogP contribution in [-0.2, 0) is 13.2 Å². The number of amides is 2. The predicted molar refractivity (Wildman–Crippen MR) is 163 cm³/mol. The molecule has 0 saturated heterocycles. The standard InChI is InChI=1S/C34H28N4O5/c39-33(37-35-21-27-13-7-15-29(19-27)41-23-25-9-3-1-4-10-25)31-17-18-32(43-31)34(40)38-36-22-28-14-8-16-30(20-28)42-24-26-11-5-2-6-12-26/h1-22H,23-24H2,(H,37,39)(H,38,40)/b35-21-,36-22-. The van der Waals surface area contributed by atoms with Gasteiger partial charge in [0.1, 0.15) is 24.7 Å². The molecule has 5 aromatic rings. The molecule has 0 aliphatic heterocycles. The highest BCUT2D eigenvalue weighted by Crippen LogP contribution is 2.16. The Balaban J connectivity index is 1.08. The fourth-order valence-corrected chi connectivity index (χ4v) is 3.87. The van der Waals surface area contributed by atoms with E-state index < -0.39 is 11.8 Å². The fourth-order valence-electron chi connectivity index (χ4n) is 3.87. The number of furan rings is 1. The Labute approximate surface area is 248 Å². The van der Waals surface area contributed by atoms with Gasteiger partial charge in [-0.15, -0.1) is 0 Å². The van der Waals surface area contributed by atoms with E-state index in [-0.39, 0.29) is 11.5 Å². The monoisotopic (exact) mass is 572 g/mol. The van der Waals surface area contributed by atoms with Crippen molar-refractivity contribution in [2.75, 3.05) is 0 Å². The smallest absolute Gasteiger partial charge is 0.307 e. The number of hydrazone groups is 2. The Bertz CT molecular complexity index is 1590. The lowest BCUT2D eigenvalue weighted by molar-refractivity contribution is 0.0902. The van der Waals surface area contributed by atoms with Crippen LogP contribution < -0.4 is 20.3 Å². The van der Waals surface area contributed by atoms with Crippen LogP contribution in [0.15, 0.2) is 136 Å². The zero-order valence-corrected chi connectivity index (χ0v) is 23.1. The molecule has 1 heterocycles. The topological polar surface area (TPSA) is 115 Å². The number of ether oxygens (including phenoxy) is 2. The Hall–Kier alpha value is -5.96. The van der Waals surface area contributed by atoms with Gasteiger partial charge < -0.3 is 13.9 Å². The SMILES string of the molecule is O=C(N/N=C\c1cccc(OCc2ccccc2)c1)c1ccc(C(=O)N/N=C\c2cccc(OCc3ccccc3)c2)o1. The maximum atomic E-state index is 12.5.